The van der Waals surface area contributed by atoms with Gasteiger partial charge in [0.05, 0.1) is 11.4 Å². The first-order chi connectivity index (χ1) is 16.6. The van der Waals surface area contributed by atoms with Gasteiger partial charge in [0.1, 0.15) is 5.60 Å². The molecule has 0 aliphatic carbocycles. The molecule has 4 rings (SSSR count). The molecule has 0 radical (unpaired) electrons. The summed E-state index contributed by atoms with van der Waals surface area (Å²) in [5, 5.41) is 1.58. The number of hydrazine groups is 1. The van der Waals surface area contributed by atoms with E-state index in [-0.39, 0.29) is 11.5 Å². The number of hydrogen-bond donors (Lipinski definition) is 2. The quantitative estimate of drug-likeness (QED) is 0.287. The summed E-state index contributed by atoms with van der Waals surface area (Å²) in [4.78, 5) is 6.95. The highest BCUT2D eigenvalue weighted by Gasteiger charge is 2.30. The highest BCUT2D eigenvalue weighted by molar-refractivity contribution is 5.72. The van der Waals surface area contributed by atoms with E-state index in [0.29, 0.717) is 0 Å². The van der Waals surface area contributed by atoms with E-state index >= 15 is 0 Å². The first-order valence-electron chi connectivity index (χ1n) is 12.4. The van der Waals surface area contributed by atoms with Crippen LogP contribution in [0.15, 0.2) is 48.7 Å². The third-order valence-corrected chi connectivity index (χ3v) is 7.09. The molecule has 0 spiro atoms. The molecule has 6 nitrogen and oxygen atoms in total. The Kier molecular flexibility index (Phi) is 7.06. The van der Waals surface area contributed by atoms with E-state index in [2.05, 4.69) is 74.8 Å². The van der Waals surface area contributed by atoms with Crippen molar-refractivity contribution in [3.63, 3.8) is 0 Å². The second kappa shape index (κ2) is 9.88. The van der Waals surface area contributed by atoms with E-state index < -0.39 is 0 Å². The van der Waals surface area contributed by atoms with E-state index in [1.54, 1.807) is 11.2 Å². The lowest BCUT2D eigenvalue weighted by molar-refractivity contribution is 0.0645. The molecular formula is C29H39N5O. The zero-order valence-electron chi connectivity index (χ0n) is 21.9. The number of aryl methyl sites for hydroxylation is 1. The number of nitrogens with two attached hydrogens (primary N) is 2. The molecule has 1 aliphatic heterocycles. The molecule has 2 aromatic carbocycles. The highest BCUT2D eigenvalue weighted by Crippen LogP contribution is 2.37. The van der Waals surface area contributed by atoms with Gasteiger partial charge in [-0.3, -0.25) is 4.90 Å². The molecule has 2 heterocycles. The van der Waals surface area contributed by atoms with Gasteiger partial charge in [0.15, 0.2) is 0 Å². The van der Waals surface area contributed by atoms with E-state index in [4.69, 9.17) is 16.3 Å². The lowest BCUT2D eigenvalue weighted by Gasteiger charge is -2.30. The summed E-state index contributed by atoms with van der Waals surface area (Å²) in [5.41, 5.74) is 15.2. The minimum atomic E-state index is -0.316. The van der Waals surface area contributed by atoms with Crippen LogP contribution in [0.1, 0.15) is 66.5 Å². The molecule has 1 aromatic heterocycles. The Balaban J connectivity index is 1.65. The smallest absolute Gasteiger partial charge is 0.218 e. The molecule has 0 amide bonds. The summed E-state index contributed by atoms with van der Waals surface area (Å²) in [6.45, 7) is 13.3. The molecule has 3 aromatic rings. The predicted octanol–water partition coefficient (Wildman–Crippen LogP) is 5.31. The van der Waals surface area contributed by atoms with E-state index in [1.807, 2.05) is 19.2 Å². The topological polar surface area (TPSA) is 80.6 Å². The number of nitrogen functional groups attached to an aromatic ring is 1. The summed E-state index contributed by atoms with van der Waals surface area (Å²) in [6, 6.07) is 15.2. The average molecular weight is 474 g/mol. The van der Waals surface area contributed by atoms with Crippen LogP contribution in [0.3, 0.4) is 0 Å². The van der Waals surface area contributed by atoms with Crippen LogP contribution in [0.4, 0.5) is 11.4 Å². The monoisotopic (exact) mass is 473 g/mol. The van der Waals surface area contributed by atoms with E-state index in [9.17, 15) is 0 Å². The number of benzene rings is 2. The summed E-state index contributed by atoms with van der Waals surface area (Å²) >= 11 is 0. The van der Waals surface area contributed by atoms with Crippen LogP contribution >= 0.6 is 0 Å². The van der Waals surface area contributed by atoms with Gasteiger partial charge >= 0.3 is 0 Å². The number of nitrogens with zero attached hydrogens (tertiary/aromatic N) is 3. The lowest BCUT2D eigenvalue weighted by Crippen LogP contribution is -2.40. The summed E-state index contributed by atoms with van der Waals surface area (Å²) in [6.07, 6.45) is 2.79. The van der Waals surface area contributed by atoms with Crippen LogP contribution in [-0.2, 0) is 13.1 Å². The molecule has 1 unspecified atom stereocenters. The molecule has 0 fully saturated rings. The van der Waals surface area contributed by atoms with Crippen molar-refractivity contribution < 1.29 is 4.74 Å². The van der Waals surface area contributed by atoms with Gasteiger partial charge < -0.3 is 15.5 Å². The third-order valence-electron chi connectivity index (χ3n) is 7.09. The van der Waals surface area contributed by atoms with Crippen LogP contribution in [-0.4, -0.2) is 29.1 Å². The largest absolute Gasteiger partial charge is 0.470 e. The van der Waals surface area contributed by atoms with Crippen LogP contribution in [0.25, 0.3) is 0 Å². The van der Waals surface area contributed by atoms with Crippen molar-refractivity contribution >= 4 is 11.4 Å². The molecule has 186 valence electrons. The van der Waals surface area contributed by atoms with Crippen molar-refractivity contribution in [1.29, 1.82) is 0 Å². The second-order valence-corrected chi connectivity index (χ2v) is 10.4. The zero-order chi connectivity index (χ0) is 25.3. The molecule has 35 heavy (non-hydrogen) atoms. The SMILES string of the molecule is CCC(c1ccc(C)c(CN2Cc3cccnc3OC(C)(C)C2)c1)c1ccc(N(C)N)c(N)c1C. The van der Waals surface area contributed by atoms with Gasteiger partial charge in [-0.15, -0.1) is 0 Å². The number of hydrogen-bond acceptors (Lipinski definition) is 6. The minimum absolute atomic E-state index is 0.266. The second-order valence-electron chi connectivity index (χ2n) is 10.4. The first-order valence-corrected chi connectivity index (χ1v) is 12.4. The zero-order valence-corrected chi connectivity index (χ0v) is 21.9. The summed E-state index contributed by atoms with van der Waals surface area (Å²) in [7, 11) is 1.82. The molecule has 1 aliphatic rings. The van der Waals surface area contributed by atoms with E-state index in [0.717, 1.165) is 54.4 Å². The average Bonchev–Trinajstić information content (AvgIpc) is 2.92. The Hall–Kier alpha value is -3.09. The van der Waals surface area contributed by atoms with Crippen LogP contribution in [0.5, 0.6) is 5.88 Å². The molecule has 1 atom stereocenters. The molecule has 0 saturated carbocycles. The van der Waals surface area contributed by atoms with Gasteiger partial charge in [-0.05, 0) is 74.1 Å². The molecule has 0 saturated heterocycles. The fourth-order valence-electron chi connectivity index (χ4n) is 5.25. The fraction of sp³-hybridized carbons (Fsp3) is 0.414. The van der Waals surface area contributed by atoms with Crippen LogP contribution in [0, 0.1) is 13.8 Å². The number of pyridine rings is 1. The minimum Gasteiger partial charge on any atom is -0.470 e. The van der Waals surface area contributed by atoms with Gasteiger partial charge in [-0.2, -0.15) is 0 Å². The Labute approximate surface area is 209 Å². The van der Waals surface area contributed by atoms with Crippen molar-refractivity contribution in [2.45, 2.75) is 65.6 Å². The Morgan fingerprint density at radius 3 is 2.66 bits per heavy atom. The van der Waals surface area contributed by atoms with Crippen molar-refractivity contribution in [3.05, 3.63) is 82.0 Å². The third kappa shape index (κ3) is 5.29. The standard InChI is InChI=1S/C29H39N5O/c1-7-24(25-12-13-26(33(6)31)27(30)20(25)3)21-11-10-19(2)23(15-21)17-34-16-22-9-8-14-32-28(22)35-29(4,5)18-34/h8-15,24H,7,16-18,30-31H2,1-6H3. The van der Waals surface area contributed by atoms with Gasteiger partial charge in [0, 0.05) is 44.4 Å². The Morgan fingerprint density at radius 1 is 1.17 bits per heavy atom. The lowest BCUT2D eigenvalue weighted by atomic mass is 9.84. The number of fused-ring (bicyclic) bond motifs is 1. The van der Waals surface area contributed by atoms with Crippen molar-refractivity contribution in [1.82, 2.24) is 9.88 Å². The Bertz CT molecular complexity index is 1200. The molecule has 6 heteroatoms. The van der Waals surface area contributed by atoms with Gasteiger partial charge in [-0.25, -0.2) is 10.8 Å². The van der Waals surface area contributed by atoms with Crippen molar-refractivity contribution in [2.24, 2.45) is 5.84 Å². The molecule has 4 N–H and O–H groups in total. The maximum atomic E-state index is 6.47. The first kappa shape index (κ1) is 25.0. The highest BCUT2D eigenvalue weighted by atomic mass is 16.5. The fourth-order valence-corrected chi connectivity index (χ4v) is 5.25. The van der Waals surface area contributed by atoms with Crippen LogP contribution in [0.2, 0.25) is 0 Å². The van der Waals surface area contributed by atoms with Gasteiger partial charge in [-0.1, -0.05) is 37.3 Å². The Morgan fingerprint density at radius 2 is 1.94 bits per heavy atom. The van der Waals surface area contributed by atoms with Crippen LogP contribution < -0.4 is 21.3 Å². The summed E-state index contributed by atoms with van der Waals surface area (Å²) < 4.78 is 6.25. The number of anilines is 2. The van der Waals surface area contributed by atoms with Crippen molar-refractivity contribution in [3.8, 4) is 5.88 Å². The van der Waals surface area contributed by atoms with Gasteiger partial charge in [0.2, 0.25) is 5.88 Å². The van der Waals surface area contributed by atoms with Gasteiger partial charge in [0.25, 0.3) is 0 Å². The maximum Gasteiger partial charge on any atom is 0.218 e. The maximum absolute atomic E-state index is 6.47. The number of rotatable bonds is 6. The summed E-state index contributed by atoms with van der Waals surface area (Å²) in [5.74, 6) is 6.99. The molecule has 0 bridgehead atoms. The number of aromatic nitrogens is 1. The predicted molar refractivity (Wildman–Crippen MR) is 145 cm³/mol. The van der Waals surface area contributed by atoms with Crippen molar-refractivity contribution in [2.75, 3.05) is 24.3 Å². The molecular weight excluding hydrogens is 434 g/mol. The normalized spacial score (nSPS) is 16.2. The van der Waals surface area contributed by atoms with E-state index in [1.165, 1.54) is 22.3 Å². The number of ether oxygens (including phenoxy) is 1.